The van der Waals surface area contributed by atoms with Crippen molar-refractivity contribution in [2.24, 2.45) is 0 Å². The Bertz CT molecular complexity index is 1280. The molecule has 170 valence electrons. The van der Waals surface area contributed by atoms with Crippen molar-refractivity contribution >= 4 is 34.5 Å². The van der Waals surface area contributed by atoms with Crippen LogP contribution in [0.2, 0.25) is 0 Å². The first kappa shape index (κ1) is 24.0. The van der Waals surface area contributed by atoms with Crippen molar-refractivity contribution in [2.75, 3.05) is 11.9 Å². The van der Waals surface area contributed by atoms with E-state index in [9.17, 15) is 0 Å². The molecule has 0 spiro atoms. The molecule has 2 nitrogen and oxygen atoms in total. The molecule has 0 fully saturated rings. The van der Waals surface area contributed by atoms with Gasteiger partial charge in [0.25, 0.3) is 0 Å². The quantitative estimate of drug-likeness (QED) is 0.251. The summed E-state index contributed by atoms with van der Waals surface area (Å²) in [5.74, 6) is 0. The summed E-state index contributed by atoms with van der Waals surface area (Å²) in [6, 6.07) is 38.5. The molecule has 0 amide bonds. The Morgan fingerprint density at radius 1 is 0.618 bits per heavy atom. The number of hydrogen-bond donors (Lipinski definition) is 0. The Kier molecular flexibility index (Phi) is 7.03. The highest BCUT2D eigenvalue weighted by molar-refractivity contribution is 6.05. The largest absolute Gasteiger partial charge is 1.00 e. The predicted molar refractivity (Wildman–Crippen MR) is 140 cm³/mol. The number of para-hydroxylation sites is 3. The number of allylic oxidation sites excluding steroid dienone is 1. The van der Waals surface area contributed by atoms with Crippen molar-refractivity contribution < 1.29 is 28.6 Å². The zero-order chi connectivity index (χ0) is 22.8. The van der Waals surface area contributed by atoms with E-state index in [1.54, 1.807) is 0 Å². The van der Waals surface area contributed by atoms with Crippen LogP contribution in [0.5, 0.6) is 0 Å². The highest BCUT2D eigenvalue weighted by atomic mass is 127. The molecule has 0 bridgehead atoms. The Hall–Kier alpha value is -3.18. The number of anilines is 3. The second kappa shape index (κ2) is 9.98. The number of rotatable bonds is 5. The zero-order valence-corrected chi connectivity index (χ0v) is 22.0. The van der Waals surface area contributed by atoms with E-state index < -0.39 is 0 Å². The second-order valence-electron chi connectivity index (χ2n) is 9.02. The van der Waals surface area contributed by atoms with Gasteiger partial charge in [0, 0.05) is 34.8 Å². The van der Waals surface area contributed by atoms with Crippen LogP contribution in [0.25, 0.3) is 6.08 Å². The molecule has 34 heavy (non-hydrogen) atoms. The third kappa shape index (κ3) is 4.45. The van der Waals surface area contributed by atoms with Gasteiger partial charge < -0.3 is 28.9 Å². The molecular weight excluding hydrogens is 527 g/mol. The van der Waals surface area contributed by atoms with Gasteiger partial charge in [-0.05, 0) is 61.9 Å². The van der Waals surface area contributed by atoms with E-state index in [-0.39, 0.29) is 29.4 Å². The first-order chi connectivity index (χ1) is 16.1. The van der Waals surface area contributed by atoms with E-state index in [2.05, 4.69) is 152 Å². The fourth-order valence-electron chi connectivity index (χ4n) is 4.81. The Labute approximate surface area is 219 Å². The summed E-state index contributed by atoms with van der Waals surface area (Å²) in [6.07, 6.45) is 4.49. The maximum Gasteiger partial charge on any atom is 0.209 e. The normalized spacial score (nSPS) is 14.1. The molecule has 0 aromatic heterocycles. The average molecular weight is 556 g/mol. The highest BCUT2D eigenvalue weighted by Gasteiger charge is 2.42. The number of hydrogen-bond acceptors (Lipinski definition) is 1. The van der Waals surface area contributed by atoms with Gasteiger partial charge in [-0.1, -0.05) is 66.7 Å². The minimum atomic E-state index is -0.0147. The average Bonchev–Trinajstić information content (AvgIpc) is 3.05. The van der Waals surface area contributed by atoms with E-state index in [0.717, 1.165) is 17.1 Å². The molecule has 0 unspecified atom stereocenters. The molecular formula is C31H29IN2. The smallest absolute Gasteiger partial charge is 0.209 e. The van der Waals surface area contributed by atoms with Gasteiger partial charge in [-0.3, -0.25) is 0 Å². The topological polar surface area (TPSA) is 6.25 Å². The lowest BCUT2D eigenvalue weighted by Gasteiger charge is -2.25. The van der Waals surface area contributed by atoms with Crippen LogP contribution in [0.1, 0.15) is 25.0 Å². The molecule has 0 saturated heterocycles. The van der Waals surface area contributed by atoms with Gasteiger partial charge in [0.15, 0.2) is 5.71 Å². The summed E-state index contributed by atoms with van der Waals surface area (Å²) < 4.78 is 2.31. The maximum absolute atomic E-state index is 2.31. The summed E-state index contributed by atoms with van der Waals surface area (Å²) >= 11 is 0. The Morgan fingerprint density at radius 3 is 1.68 bits per heavy atom. The van der Waals surface area contributed by atoms with Gasteiger partial charge >= 0.3 is 0 Å². The lowest BCUT2D eigenvalue weighted by Crippen LogP contribution is -3.00. The summed E-state index contributed by atoms with van der Waals surface area (Å²) in [7, 11) is 2.16. The van der Waals surface area contributed by atoms with Crippen LogP contribution in [-0.4, -0.2) is 17.3 Å². The summed E-state index contributed by atoms with van der Waals surface area (Å²) in [5, 5.41) is 0. The van der Waals surface area contributed by atoms with Crippen LogP contribution in [0.15, 0.2) is 115 Å². The fraction of sp³-hybridized carbons (Fsp3) is 0.129. The molecule has 4 aromatic rings. The van der Waals surface area contributed by atoms with Gasteiger partial charge in [-0.15, -0.1) is 0 Å². The third-order valence-electron chi connectivity index (χ3n) is 6.55. The molecule has 1 aliphatic heterocycles. The van der Waals surface area contributed by atoms with E-state index in [4.69, 9.17) is 0 Å². The van der Waals surface area contributed by atoms with E-state index in [1.807, 2.05) is 0 Å². The van der Waals surface area contributed by atoms with Gasteiger partial charge in [-0.2, -0.15) is 4.58 Å². The van der Waals surface area contributed by atoms with Gasteiger partial charge in [-0.25, -0.2) is 0 Å². The summed E-state index contributed by atoms with van der Waals surface area (Å²) in [5.41, 5.74) is 8.59. The zero-order valence-electron chi connectivity index (χ0n) is 19.8. The standard InChI is InChI=1S/C31H29N2.HI/c1-31(2)28-16-10-11-17-29(28)32(3)30(31)23-20-24-18-21-27(22-19-24)33(25-12-6-4-7-13-25)26-14-8-5-9-15-26;/h4-23H,1-3H3;1H/q+1;/p-1. The van der Waals surface area contributed by atoms with Crippen LogP contribution >= 0.6 is 0 Å². The molecule has 5 rings (SSSR count). The highest BCUT2D eigenvalue weighted by Crippen LogP contribution is 2.39. The number of halogens is 1. The number of benzene rings is 4. The maximum atomic E-state index is 2.31. The molecule has 3 heteroatoms. The van der Waals surface area contributed by atoms with Gasteiger partial charge in [0.1, 0.15) is 7.05 Å². The van der Waals surface area contributed by atoms with Crippen LogP contribution < -0.4 is 28.9 Å². The summed E-state index contributed by atoms with van der Waals surface area (Å²) in [4.78, 5) is 2.28. The molecule has 0 atom stereocenters. The monoisotopic (exact) mass is 556 g/mol. The van der Waals surface area contributed by atoms with Crippen molar-refractivity contribution in [3.05, 3.63) is 126 Å². The lowest BCUT2D eigenvalue weighted by molar-refractivity contribution is -0.401. The second-order valence-corrected chi connectivity index (χ2v) is 9.02. The van der Waals surface area contributed by atoms with Crippen LogP contribution in [-0.2, 0) is 5.41 Å². The molecule has 0 N–H and O–H groups in total. The molecule has 4 aromatic carbocycles. The van der Waals surface area contributed by atoms with Crippen LogP contribution in [0, 0.1) is 0 Å². The van der Waals surface area contributed by atoms with E-state index in [0.29, 0.717) is 0 Å². The van der Waals surface area contributed by atoms with Gasteiger partial charge in [0.05, 0.1) is 5.41 Å². The Balaban J connectivity index is 0.00000274. The first-order valence-corrected chi connectivity index (χ1v) is 11.4. The Morgan fingerprint density at radius 2 is 1.12 bits per heavy atom. The number of nitrogens with zero attached hydrogens (tertiary/aromatic N) is 2. The van der Waals surface area contributed by atoms with Crippen molar-refractivity contribution in [1.29, 1.82) is 0 Å². The minimum Gasteiger partial charge on any atom is -1.00 e. The number of fused-ring (bicyclic) bond motifs is 1. The SMILES string of the molecule is C[N+]1=C(/C=C/c2ccc(N(c3ccccc3)c3ccccc3)cc2)C(C)(C)c2ccccc21.[I-]. The van der Waals surface area contributed by atoms with Gasteiger partial charge in [0.2, 0.25) is 5.69 Å². The fourth-order valence-corrected chi connectivity index (χ4v) is 4.81. The molecule has 1 aliphatic rings. The van der Waals surface area contributed by atoms with Crippen molar-refractivity contribution in [2.45, 2.75) is 19.3 Å². The van der Waals surface area contributed by atoms with E-state index in [1.165, 1.54) is 22.5 Å². The molecule has 0 saturated carbocycles. The predicted octanol–water partition coefficient (Wildman–Crippen LogP) is 4.88. The minimum absolute atomic E-state index is 0. The van der Waals surface area contributed by atoms with Crippen LogP contribution in [0.3, 0.4) is 0 Å². The summed E-state index contributed by atoms with van der Waals surface area (Å²) in [6.45, 7) is 4.60. The molecule has 0 aliphatic carbocycles. The lowest BCUT2D eigenvalue weighted by atomic mass is 9.81. The molecule has 0 radical (unpaired) electrons. The van der Waals surface area contributed by atoms with Crippen LogP contribution in [0.4, 0.5) is 22.7 Å². The third-order valence-corrected chi connectivity index (χ3v) is 6.55. The van der Waals surface area contributed by atoms with Crippen molar-refractivity contribution in [3.8, 4) is 0 Å². The van der Waals surface area contributed by atoms with Crippen molar-refractivity contribution in [1.82, 2.24) is 0 Å². The first-order valence-electron chi connectivity index (χ1n) is 11.4. The van der Waals surface area contributed by atoms with Crippen molar-refractivity contribution in [3.63, 3.8) is 0 Å². The van der Waals surface area contributed by atoms with E-state index >= 15 is 0 Å². The molecule has 1 heterocycles.